The number of halogens is 1. The monoisotopic (exact) mass is 548 g/mol. The topological polar surface area (TPSA) is 49.3 Å². The fourth-order valence-corrected chi connectivity index (χ4v) is 5.47. The first-order valence-electron chi connectivity index (χ1n) is 10.8. The predicted molar refractivity (Wildman–Crippen MR) is 138 cm³/mol. The Morgan fingerprint density at radius 3 is 2.60 bits per heavy atom. The van der Waals surface area contributed by atoms with Gasteiger partial charge in [0.15, 0.2) is 5.96 Å². The van der Waals surface area contributed by atoms with Crippen molar-refractivity contribution in [3.8, 4) is 5.75 Å². The Hall–Kier alpha value is -0.710. The van der Waals surface area contributed by atoms with Gasteiger partial charge >= 0.3 is 0 Å². The molecule has 0 radical (unpaired) electrons. The number of benzene rings is 1. The predicted octanol–water partition coefficient (Wildman–Crippen LogP) is 3.31. The number of rotatable bonds is 8. The molecule has 0 saturated carbocycles. The van der Waals surface area contributed by atoms with E-state index >= 15 is 0 Å². The van der Waals surface area contributed by atoms with Crippen molar-refractivity contribution in [2.75, 3.05) is 64.6 Å². The summed E-state index contributed by atoms with van der Waals surface area (Å²) in [5.41, 5.74) is 1.43. The minimum Gasteiger partial charge on any atom is -0.494 e. The van der Waals surface area contributed by atoms with Gasteiger partial charge in [0.2, 0.25) is 0 Å². The molecule has 8 heteroatoms. The number of morpholine rings is 1. The maximum atomic E-state index is 5.58. The summed E-state index contributed by atoms with van der Waals surface area (Å²) in [7, 11) is 2.11. The Balaban J connectivity index is 0.00000320. The number of hydrogen-bond acceptors (Lipinski definition) is 5. The summed E-state index contributed by atoms with van der Waals surface area (Å²) in [6.45, 7) is 11.1. The minimum atomic E-state index is 0. The van der Waals surface area contributed by atoms with Gasteiger partial charge in [-0.25, -0.2) is 0 Å². The standard InChI is InChI=1S/C22H36N4O2S.HI/c1-4-23-21(25(3)16-19-6-8-20(9-7-19)28-5-2)24-17-22(10-15-29-18-22)26-11-13-27-14-12-26;/h6-9H,4-5,10-18H2,1-3H3,(H,23,24);1H. The van der Waals surface area contributed by atoms with E-state index in [1.807, 2.05) is 19.1 Å². The Kier molecular flexibility index (Phi) is 11.1. The molecule has 6 nitrogen and oxygen atoms in total. The molecule has 1 N–H and O–H groups in total. The van der Waals surface area contributed by atoms with Crippen LogP contribution in [-0.2, 0) is 11.3 Å². The fourth-order valence-electron chi connectivity index (χ4n) is 4.01. The van der Waals surface area contributed by atoms with Gasteiger partial charge in [-0.3, -0.25) is 9.89 Å². The van der Waals surface area contributed by atoms with E-state index in [2.05, 4.69) is 53.0 Å². The van der Waals surface area contributed by atoms with E-state index in [0.29, 0.717) is 6.61 Å². The highest BCUT2D eigenvalue weighted by atomic mass is 127. The van der Waals surface area contributed by atoms with Gasteiger partial charge in [-0.1, -0.05) is 12.1 Å². The molecule has 2 heterocycles. The van der Waals surface area contributed by atoms with E-state index in [1.165, 1.54) is 23.5 Å². The lowest BCUT2D eigenvalue weighted by molar-refractivity contribution is -0.0105. The van der Waals surface area contributed by atoms with Gasteiger partial charge in [-0.15, -0.1) is 24.0 Å². The van der Waals surface area contributed by atoms with Gasteiger partial charge in [0, 0.05) is 39.0 Å². The summed E-state index contributed by atoms with van der Waals surface area (Å²) in [6, 6.07) is 8.35. The van der Waals surface area contributed by atoms with E-state index in [0.717, 1.165) is 57.6 Å². The van der Waals surface area contributed by atoms with Crippen LogP contribution in [0.1, 0.15) is 25.8 Å². The molecule has 0 amide bonds. The molecule has 2 aliphatic heterocycles. The van der Waals surface area contributed by atoms with Crippen LogP contribution in [0.5, 0.6) is 5.75 Å². The van der Waals surface area contributed by atoms with Crippen molar-refractivity contribution in [2.24, 2.45) is 4.99 Å². The second kappa shape index (κ2) is 13.0. The van der Waals surface area contributed by atoms with Crippen molar-refractivity contribution < 1.29 is 9.47 Å². The first-order valence-corrected chi connectivity index (χ1v) is 11.9. The maximum Gasteiger partial charge on any atom is 0.194 e. The number of hydrogen-bond donors (Lipinski definition) is 1. The van der Waals surface area contributed by atoms with Crippen LogP contribution in [0.25, 0.3) is 0 Å². The largest absolute Gasteiger partial charge is 0.494 e. The van der Waals surface area contributed by atoms with E-state index in [9.17, 15) is 0 Å². The average molecular weight is 549 g/mol. The molecule has 3 rings (SSSR count). The number of aliphatic imine (C=N–C) groups is 1. The molecular formula is C22H37IN4O2S. The van der Waals surface area contributed by atoms with Gasteiger partial charge in [0.05, 0.1) is 31.9 Å². The second-order valence-corrected chi connectivity index (χ2v) is 8.83. The molecule has 2 saturated heterocycles. The van der Waals surface area contributed by atoms with Crippen molar-refractivity contribution in [2.45, 2.75) is 32.4 Å². The molecule has 2 aliphatic rings. The van der Waals surface area contributed by atoms with E-state index in [-0.39, 0.29) is 29.5 Å². The van der Waals surface area contributed by atoms with Gasteiger partial charge in [0.25, 0.3) is 0 Å². The highest BCUT2D eigenvalue weighted by Crippen LogP contribution is 2.34. The van der Waals surface area contributed by atoms with Crippen molar-refractivity contribution >= 4 is 41.7 Å². The van der Waals surface area contributed by atoms with Crippen LogP contribution in [0.4, 0.5) is 0 Å². The van der Waals surface area contributed by atoms with Crippen LogP contribution in [0.2, 0.25) is 0 Å². The number of guanidine groups is 1. The number of nitrogens with zero attached hydrogens (tertiary/aromatic N) is 3. The van der Waals surface area contributed by atoms with E-state index in [1.54, 1.807) is 0 Å². The molecule has 1 aromatic carbocycles. The van der Waals surface area contributed by atoms with Gasteiger partial charge in [-0.05, 0) is 43.7 Å². The maximum absolute atomic E-state index is 5.58. The van der Waals surface area contributed by atoms with Crippen LogP contribution in [0.3, 0.4) is 0 Å². The summed E-state index contributed by atoms with van der Waals surface area (Å²) < 4.78 is 11.1. The summed E-state index contributed by atoms with van der Waals surface area (Å²) in [5.74, 6) is 4.29. The molecule has 2 fully saturated rings. The van der Waals surface area contributed by atoms with Crippen molar-refractivity contribution in [1.82, 2.24) is 15.1 Å². The lowest BCUT2D eigenvalue weighted by atomic mass is 9.96. The molecule has 1 aromatic rings. The van der Waals surface area contributed by atoms with Crippen molar-refractivity contribution in [3.63, 3.8) is 0 Å². The lowest BCUT2D eigenvalue weighted by Crippen LogP contribution is -2.56. The minimum absolute atomic E-state index is 0. The quantitative estimate of drug-likeness (QED) is 0.306. The first-order chi connectivity index (χ1) is 14.2. The Bertz CT molecular complexity index is 647. The molecule has 0 aliphatic carbocycles. The smallest absolute Gasteiger partial charge is 0.194 e. The number of ether oxygens (including phenoxy) is 2. The second-order valence-electron chi connectivity index (χ2n) is 7.73. The molecule has 0 bridgehead atoms. The van der Waals surface area contributed by atoms with Crippen LogP contribution < -0.4 is 10.1 Å². The fraction of sp³-hybridized carbons (Fsp3) is 0.682. The third-order valence-corrected chi connectivity index (χ3v) is 6.87. The molecule has 0 aromatic heterocycles. The van der Waals surface area contributed by atoms with Crippen LogP contribution >= 0.6 is 35.7 Å². The van der Waals surface area contributed by atoms with E-state index < -0.39 is 0 Å². The average Bonchev–Trinajstić information content (AvgIpc) is 3.23. The molecule has 1 unspecified atom stereocenters. The number of nitrogens with one attached hydrogen (secondary N) is 1. The zero-order valence-electron chi connectivity index (χ0n) is 18.6. The first kappa shape index (κ1) is 25.5. The molecule has 170 valence electrons. The van der Waals surface area contributed by atoms with Gasteiger partial charge in [0.1, 0.15) is 5.75 Å². The molecular weight excluding hydrogens is 511 g/mol. The zero-order chi connectivity index (χ0) is 20.5. The number of thioether (sulfide) groups is 1. The Morgan fingerprint density at radius 1 is 1.27 bits per heavy atom. The Labute approximate surface area is 203 Å². The zero-order valence-corrected chi connectivity index (χ0v) is 21.7. The molecule has 1 atom stereocenters. The normalized spacial score (nSPS) is 22.4. The third-order valence-electron chi connectivity index (χ3n) is 5.64. The van der Waals surface area contributed by atoms with Gasteiger partial charge in [-0.2, -0.15) is 11.8 Å². The molecule has 0 spiro atoms. The van der Waals surface area contributed by atoms with Gasteiger partial charge < -0.3 is 19.7 Å². The van der Waals surface area contributed by atoms with E-state index in [4.69, 9.17) is 14.5 Å². The summed E-state index contributed by atoms with van der Waals surface area (Å²) in [5, 5.41) is 3.48. The SMILES string of the molecule is CCNC(=NCC1(N2CCOCC2)CCSC1)N(C)Cc1ccc(OCC)cc1.I. The van der Waals surface area contributed by atoms with Crippen LogP contribution in [0, 0.1) is 0 Å². The van der Waals surface area contributed by atoms with Crippen LogP contribution in [0.15, 0.2) is 29.3 Å². The van der Waals surface area contributed by atoms with Crippen LogP contribution in [-0.4, -0.2) is 85.9 Å². The summed E-state index contributed by atoms with van der Waals surface area (Å²) >= 11 is 2.06. The Morgan fingerprint density at radius 2 is 2.00 bits per heavy atom. The highest BCUT2D eigenvalue weighted by Gasteiger charge is 2.40. The lowest BCUT2D eigenvalue weighted by Gasteiger charge is -2.42. The highest BCUT2D eigenvalue weighted by molar-refractivity contribution is 14.0. The summed E-state index contributed by atoms with van der Waals surface area (Å²) in [4.78, 5) is 9.93. The molecule has 30 heavy (non-hydrogen) atoms. The summed E-state index contributed by atoms with van der Waals surface area (Å²) in [6.07, 6.45) is 1.21. The third kappa shape index (κ3) is 6.90. The van der Waals surface area contributed by atoms with Crippen molar-refractivity contribution in [3.05, 3.63) is 29.8 Å². The van der Waals surface area contributed by atoms with Crippen molar-refractivity contribution in [1.29, 1.82) is 0 Å².